The molecule has 1 aromatic heterocycles. The molecule has 0 bridgehead atoms. The van der Waals surface area contributed by atoms with E-state index >= 15 is 0 Å². The van der Waals surface area contributed by atoms with Crippen LogP contribution < -0.4 is 4.74 Å². The Hall–Kier alpha value is -3.40. The van der Waals surface area contributed by atoms with Gasteiger partial charge in [-0.15, -0.1) is 0 Å². The highest BCUT2D eigenvalue weighted by Crippen LogP contribution is 2.44. The largest absolute Gasteiger partial charge is 0.489 e. The molecule has 25 heavy (non-hydrogen) atoms. The standard InChI is InChI=1S/C21H15NO3/c23-20(24)12-19-16-7-4-10-22-21(16)17-9-8-15(11-18(17)19)25-13-14-5-2-1-3-6-14/h1-12H,13H2,(H,23,24)/b19-12+. The maximum Gasteiger partial charge on any atom is 0.328 e. The molecule has 1 N–H and O–H groups in total. The number of aliphatic carboxylic acids is 1. The maximum absolute atomic E-state index is 11.2. The molecule has 0 amide bonds. The Morgan fingerprint density at radius 3 is 2.64 bits per heavy atom. The van der Waals surface area contributed by atoms with Crippen molar-refractivity contribution in [2.45, 2.75) is 6.61 Å². The zero-order valence-corrected chi connectivity index (χ0v) is 13.3. The molecular weight excluding hydrogens is 314 g/mol. The van der Waals surface area contributed by atoms with Crippen LogP contribution in [-0.2, 0) is 11.4 Å². The SMILES string of the molecule is O=C(O)/C=C1/c2cc(OCc3ccccc3)ccc2-c2ncccc21. The number of carboxylic acid groups (broad SMARTS) is 1. The van der Waals surface area contributed by atoms with Crippen molar-refractivity contribution < 1.29 is 14.6 Å². The summed E-state index contributed by atoms with van der Waals surface area (Å²) in [5.41, 5.74) is 5.14. The van der Waals surface area contributed by atoms with Gasteiger partial charge >= 0.3 is 5.97 Å². The molecule has 4 heteroatoms. The van der Waals surface area contributed by atoms with Gasteiger partial charge in [0, 0.05) is 23.4 Å². The molecule has 4 rings (SSSR count). The van der Waals surface area contributed by atoms with Gasteiger partial charge in [-0.05, 0) is 41.0 Å². The summed E-state index contributed by atoms with van der Waals surface area (Å²) in [6.45, 7) is 0.461. The first kappa shape index (κ1) is 15.1. The predicted molar refractivity (Wildman–Crippen MR) is 95.2 cm³/mol. The number of carboxylic acids is 1. The first-order chi connectivity index (χ1) is 12.2. The number of pyridine rings is 1. The third-order valence-corrected chi connectivity index (χ3v) is 4.15. The van der Waals surface area contributed by atoms with Gasteiger partial charge in [-0.1, -0.05) is 36.4 Å². The van der Waals surface area contributed by atoms with E-state index in [1.807, 2.05) is 60.7 Å². The Morgan fingerprint density at radius 1 is 1.00 bits per heavy atom. The van der Waals surface area contributed by atoms with Gasteiger partial charge in [0.2, 0.25) is 0 Å². The number of hydrogen-bond donors (Lipinski definition) is 1. The van der Waals surface area contributed by atoms with E-state index in [1.165, 1.54) is 6.08 Å². The fourth-order valence-electron chi connectivity index (χ4n) is 3.04. The second-order valence-electron chi connectivity index (χ2n) is 5.78. The number of fused-ring (bicyclic) bond motifs is 3. The Bertz CT molecular complexity index is 977. The zero-order chi connectivity index (χ0) is 17.2. The van der Waals surface area contributed by atoms with Crippen molar-refractivity contribution in [1.29, 1.82) is 0 Å². The molecule has 0 spiro atoms. The molecule has 0 aliphatic heterocycles. The van der Waals surface area contributed by atoms with Gasteiger partial charge in [0.05, 0.1) is 5.69 Å². The van der Waals surface area contributed by atoms with Crippen LogP contribution in [0, 0.1) is 0 Å². The number of aromatic nitrogens is 1. The highest BCUT2D eigenvalue weighted by Gasteiger charge is 2.25. The lowest BCUT2D eigenvalue weighted by atomic mass is 10.0. The van der Waals surface area contributed by atoms with Crippen LogP contribution in [0.1, 0.15) is 16.7 Å². The van der Waals surface area contributed by atoms with Gasteiger partial charge < -0.3 is 9.84 Å². The van der Waals surface area contributed by atoms with E-state index in [1.54, 1.807) is 6.20 Å². The highest BCUT2D eigenvalue weighted by atomic mass is 16.5. The lowest BCUT2D eigenvalue weighted by Crippen LogP contribution is -1.96. The molecular formula is C21H15NO3. The van der Waals surface area contributed by atoms with Gasteiger partial charge in [-0.2, -0.15) is 0 Å². The predicted octanol–water partition coefficient (Wildman–Crippen LogP) is 4.16. The van der Waals surface area contributed by atoms with Crippen LogP contribution in [0.5, 0.6) is 5.75 Å². The zero-order valence-electron chi connectivity index (χ0n) is 13.3. The van der Waals surface area contributed by atoms with Crippen molar-refractivity contribution in [2.24, 2.45) is 0 Å². The van der Waals surface area contributed by atoms with Crippen LogP contribution in [0.2, 0.25) is 0 Å². The fourth-order valence-corrected chi connectivity index (χ4v) is 3.04. The average molecular weight is 329 g/mol. The Kier molecular flexibility index (Phi) is 3.78. The normalized spacial score (nSPS) is 13.4. The topological polar surface area (TPSA) is 59.4 Å². The molecule has 4 nitrogen and oxygen atoms in total. The summed E-state index contributed by atoms with van der Waals surface area (Å²) < 4.78 is 5.87. The summed E-state index contributed by atoms with van der Waals surface area (Å²) in [5, 5.41) is 9.22. The average Bonchev–Trinajstić information content (AvgIpc) is 2.94. The maximum atomic E-state index is 11.2. The van der Waals surface area contributed by atoms with Crippen molar-refractivity contribution in [3.63, 3.8) is 0 Å². The molecule has 122 valence electrons. The van der Waals surface area contributed by atoms with Gasteiger partial charge in [-0.3, -0.25) is 4.98 Å². The summed E-state index contributed by atoms with van der Waals surface area (Å²) in [6, 6.07) is 19.3. The van der Waals surface area contributed by atoms with Gasteiger partial charge in [0.15, 0.2) is 0 Å². The lowest BCUT2D eigenvalue weighted by Gasteiger charge is -2.09. The highest BCUT2D eigenvalue weighted by molar-refractivity contribution is 6.05. The van der Waals surface area contributed by atoms with Crippen molar-refractivity contribution in [3.05, 3.63) is 89.6 Å². The van der Waals surface area contributed by atoms with Crippen molar-refractivity contribution >= 4 is 11.5 Å². The van der Waals surface area contributed by atoms with E-state index in [0.717, 1.165) is 27.9 Å². The van der Waals surface area contributed by atoms with Gasteiger partial charge in [0.25, 0.3) is 0 Å². The smallest absolute Gasteiger partial charge is 0.328 e. The third-order valence-electron chi connectivity index (χ3n) is 4.15. The van der Waals surface area contributed by atoms with E-state index in [-0.39, 0.29) is 0 Å². The summed E-state index contributed by atoms with van der Waals surface area (Å²) in [6.07, 6.45) is 2.94. The minimum atomic E-state index is -0.978. The van der Waals surface area contributed by atoms with Crippen LogP contribution in [-0.4, -0.2) is 16.1 Å². The minimum Gasteiger partial charge on any atom is -0.489 e. The number of benzene rings is 2. The van der Waals surface area contributed by atoms with E-state index in [4.69, 9.17) is 4.74 Å². The summed E-state index contributed by atoms with van der Waals surface area (Å²) in [7, 11) is 0. The van der Waals surface area contributed by atoms with Crippen LogP contribution >= 0.6 is 0 Å². The lowest BCUT2D eigenvalue weighted by molar-refractivity contribution is -0.131. The van der Waals surface area contributed by atoms with Crippen LogP contribution in [0.3, 0.4) is 0 Å². The third kappa shape index (κ3) is 2.90. The molecule has 0 saturated carbocycles. The van der Waals surface area contributed by atoms with Gasteiger partial charge in [-0.25, -0.2) is 4.79 Å². The quantitative estimate of drug-likeness (QED) is 0.571. The Morgan fingerprint density at radius 2 is 1.84 bits per heavy atom. The first-order valence-electron chi connectivity index (χ1n) is 7.94. The van der Waals surface area contributed by atoms with Crippen LogP contribution in [0.4, 0.5) is 0 Å². The molecule has 1 aliphatic carbocycles. The van der Waals surface area contributed by atoms with Crippen molar-refractivity contribution in [2.75, 3.05) is 0 Å². The molecule has 2 aromatic carbocycles. The van der Waals surface area contributed by atoms with Crippen LogP contribution in [0.15, 0.2) is 72.9 Å². The molecule has 0 unspecified atom stereocenters. The summed E-state index contributed by atoms with van der Waals surface area (Å²) in [4.78, 5) is 15.6. The summed E-state index contributed by atoms with van der Waals surface area (Å²) >= 11 is 0. The number of carbonyl (C=O) groups is 1. The molecule has 1 aliphatic rings. The molecule has 1 heterocycles. The first-order valence-corrected chi connectivity index (χ1v) is 7.94. The molecule has 0 atom stereocenters. The Balaban J connectivity index is 1.70. The van der Waals surface area contributed by atoms with E-state index < -0.39 is 5.97 Å². The second kappa shape index (κ2) is 6.24. The van der Waals surface area contributed by atoms with Crippen molar-refractivity contribution in [1.82, 2.24) is 4.98 Å². The van der Waals surface area contributed by atoms with E-state index in [0.29, 0.717) is 17.9 Å². The fraction of sp³-hybridized carbons (Fsp3) is 0.0476. The molecule has 0 radical (unpaired) electrons. The Labute approximate surface area is 145 Å². The molecule has 0 saturated heterocycles. The molecule has 0 fully saturated rings. The minimum absolute atomic E-state index is 0.461. The number of rotatable bonds is 4. The summed E-state index contributed by atoms with van der Waals surface area (Å²) in [5.74, 6) is -0.278. The second-order valence-corrected chi connectivity index (χ2v) is 5.78. The monoisotopic (exact) mass is 329 g/mol. The number of nitrogens with zero attached hydrogens (tertiary/aromatic N) is 1. The van der Waals surface area contributed by atoms with Crippen molar-refractivity contribution in [3.8, 4) is 17.0 Å². The number of hydrogen-bond acceptors (Lipinski definition) is 3. The van der Waals surface area contributed by atoms with Crippen LogP contribution in [0.25, 0.3) is 16.8 Å². The van der Waals surface area contributed by atoms with E-state index in [2.05, 4.69) is 4.98 Å². The molecule has 3 aromatic rings. The number of ether oxygens (including phenoxy) is 1. The van der Waals surface area contributed by atoms with E-state index in [9.17, 15) is 9.90 Å². The van der Waals surface area contributed by atoms with Gasteiger partial charge in [0.1, 0.15) is 12.4 Å².